The van der Waals surface area contributed by atoms with E-state index in [1.807, 2.05) is 0 Å². The van der Waals surface area contributed by atoms with Gasteiger partial charge in [0.05, 0.1) is 30.3 Å². The number of para-hydroxylation sites is 1. The Labute approximate surface area is 182 Å². The van der Waals surface area contributed by atoms with Gasteiger partial charge in [-0.15, -0.1) is 5.10 Å². The fourth-order valence-corrected chi connectivity index (χ4v) is 3.70. The zero-order valence-corrected chi connectivity index (χ0v) is 17.5. The molecular formula is C21H20N6O5. The van der Waals surface area contributed by atoms with Gasteiger partial charge >= 0.3 is 0 Å². The van der Waals surface area contributed by atoms with Crippen LogP contribution in [0.5, 0.6) is 11.5 Å². The molecule has 0 saturated heterocycles. The molecule has 3 N–H and O–H groups in total. The van der Waals surface area contributed by atoms with Crippen molar-refractivity contribution in [1.82, 2.24) is 14.8 Å². The minimum Gasteiger partial charge on any atom is -0.497 e. The van der Waals surface area contributed by atoms with Gasteiger partial charge in [0, 0.05) is 23.4 Å². The summed E-state index contributed by atoms with van der Waals surface area (Å²) in [6, 6.07) is 10.4. The second kappa shape index (κ2) is 8.02. The molecule has 2 heterocycles. The lowest BCUT2D eigenvalue weighted by Gasteiger charge is -2.27. The average molecular weight is 436 g/mol. The number of hydrogen-bond donors (Lipinski definition) is 2. The molecule has 1 amide bonds. The van der Waals surface area contributed by atoms with Gasteiger partial charge in [-0.1, -0.05) is 12.1 Å². The van der Waals surface area contributed by atoms with Crippen molar-refractivity contribution in [2.45, 2.75) is 13.0 Å². The number of nitro benzene ring substituents is 1. The summed E-state index contributed by atoms with van der Waals surface area (Å²) in [6.07, 6.45) is 0. The maximum atomic E-state index is 12.3. The number of amides is 1. The number of benzene rings is 2. The molecule has 3 aromatic rings. The highest BCUT2D eigenvalue weighted by Crippen LogP contribution is 2.40. The normalized spacial score (nSPS) is 15.0. The molecule has 164 valence electrons. The van der Waals surface area contributed by atoms with Crippen LogP contribution in [-0.2, 0) is 4.79 Å². The lowest BCUT2D eigenvalue weighted by Crippen LogP contribution is -2.32. The molecule has 0 radical (unpaired) electrons. The van der Waals surface area contributed by atoms with Crippen molar-refractivity contribution < 1.29 is 19.2 Å². The summed E-state index contributed by atoms with van der Waals surface area (Å²) in [5.41, 5.74) is 6.98. The number of anilines is 1. The lowest BCUT2D eigenvalue weighted by molar-refractivity contribution is -0.385. The highest BCUT2D eigenvalue weighted by Gasteiger charge is 2.37. The van der Waals surface area contributed by atoms with Crippen LogP contribution in [0.1, 0.15) is 18.5 Å². The number of carbonyl (C=O) groups excluding carboxylic acids is 1. The van der Waals surface area contributed by atoms with Gasteiger partial charge in [0.15, 0.2) is 5.82 Å². The average Bonchev–Trinajstić information content (AvgIpc) is 3.21. The fourth-order valence-electron chi connectivity index (χ4n) is 3.70. The highest BCUT2D eigenvalue weighted by molar-refractivity contribution is 5.95. The molecule has 0 fully saturated rings. The minimum atomic E-state index is -0.931. The summed E-state index contributed by atoms with van der Waals surface area (Å²) >= 11 is 0. The van der Waals surface area contributed by atoms with Crippen molar-refractivity contribution in [1.29, 1.82) is 0 Å². The Bertz CT molecular complexity index is 1240. The van der Waals surface area contributed by atoms with Crippen LogP contribution >= 0.6 is 0 Å². The molecule has 32 heavy (non-hydrogen) atoms. The first kappa shape index (κ1) is 20.8. The topological polar surface area (TPSA) is 147 Å². The third-order valence-electron chi connectivity index (χ3n) is 5.16. The zero-order valence-electron chi connectivity index (χ0n) is 17.5. The van der Waals surface area contributed by atoms with Crippen LogP contribution in [0.4, 0.5) is 11.6 Å². The Morgan fingerprint density at radius 3 is 2.44 bits per heavy atom. The van der Waals surface area contributed by atoms with Crippen molar-refractivity contribution in [3.05, 3.63) is 69.4 Å². The SMILES string of the molecule is COc1cc(OC)cc(-c2nc3n(n2)C(c2ccccc2[N+](=O)[O-])C(C(N)=O)=C(C)N3)c1. The molecule has 1 aliphatic rings. The number of nitrogens with zero attached hydrogens (tertiary/aromatic N) is 4. The molecular weight excluding hydrogens is 416 g/mol. The molecule has 0 saturated carbocycles. The van der Waals surface area contributed by atoms with Crippen LogP contribution in [0.2, 0.25) is 0 Å². The Kier molecular flexibility index (Phi) is 5.23. The molecule has 11 heteroatoms. The molecule has 1 atom stereocenters. The Morgan fingerprint density at radius 2 is 1.84 bits per heavy atom. The minimum absolute atomic E-state index is 0.156. The lowest BCUT2D eigenvalue weighted by atomic mass is 9.94. The third kappa shape index (κ3) is 3.49. The largest absolute Gasteiger partial charge is 0.497 e. The molecule has 4 rings (SSSR count). The molecule has 11 nitrogen and oxygen atoms in total. The fraction of sp³-hybridized carbons (Fsp3) is 0.190. The van der Waals surface area contributed by atoms with Crippen LogP contribution in [0.3, 0.4) is 0 Å². The number of carbonyl (C=O) groups is 1. The van der Waals surface area contributed by atoms with E-state index in [9.17, 15) is 14.9 Å². The number of fused-ring (bicyclic) bond motifs is 1. The zero-order chi connectivity index (χ0) is 23.0. The molecule has 1 unspecified atom stereocenters. The van der Waals surface area contributed by atoms with E-state index < -0.39 is 16.9 Å². The highest BCUT2D eigenvalue weighted by atomic mass is 16.6. The van der Waals surface area contributed by atoms with Gasteiger partial charge in [0.2, 0.25) is 11.9 Å². The molecule has 1 aromatic heterocycles. The van der Waals surface area contributed by atoms with Crippen molar-refractivity contribution in [3.8, 4) is 22.9 Å². The molecule has 0 bridgehead atoms. The van der Waals surface area contributed by atoms with Gasteiger partial charge in [0.1, 0.15) is 17.5 Å². The summed E-state index contributed by atoms with van der Waals surface area (Å²) in [5.74, 6) is 0.994. The first-order chi connectivity index (χ1) is 15.3. The van der Waals surface area contributed by atoms with Crippen LogP contribution < -0.4 is 20.5 Å². The van der Waals surface area contributed by atoms with E-state index in [2.05, 4.69) is 15.4 Å². The molecule has 2 aromatic carbocycles. The number of aromatic nitrogens is 3. The van der Waals surface area contributed by atoms with Gasteiger partial charge in [-0.2, -0.15) is 4.98 Å². The van der Waals surface area contributed by atoms with Crippen molar-refractivity contribution in [2.75, 3.05) is 19.5 Å². The number of nitrogens with one attached hydrogen (secondary N) is 1. The smallest absolute Gasteiger partial charge is 0.275 e. The van der Waals surface area contributed by atoms with Crippen molar-refractivity contribution in [2.24, 2.45) is 5.73 Å². The van der Waals surface area contributed by atoms with Gasteiger partial charge < -0.3 is 20.5 Å². The number of allylic oxidation sites excluding steroid dienone is 1. The third-order valence-corrected chi connectivity index (χ3v) is 5.16. The van der Waals surface area contributed by atoms with Crippen molar-refractivity contribution >= 4 is 17.5 Å². The Morgan fingerprint density at radius 1 is 1.19 bits per heavy atom. The second-order valence-corrected chi connectivity index (χ2v) is 7.05. The van der Waals surface area contributed by atoms with Crippen LogP contribution in [-0.4, -0.2) is 39.8 Å². The van der Waals surface area contributed by atoms with Gasteiger partial charge in [-0.25, -0.2) is 4.68 Å². The van der Waals surface area contributed by atoms with E-state index in [1.165, 1.54) is 25.0 Å². The number of rotatable bonds is 6. The number of hydrogen-bond acceptors (Lipinski definition) is 8. The summed E-state index contributed by atoms with van der Waals surface area (Å²) < 4.78 is 12.1. The molecule has 0 aliphatic carbocycles. The van der Waals surface area contributed by atoms with E-state index in [1.54, 1.807) is 43.3 Å². The van der Waals surface area contributed by atoms with Gasteiger partial charge in [-0.3, -0.25) is 14.9 Å². The standard InChI is InChI=1S/C21H20N6O5/c1-11-17(19(22)28)18(15-6-4-5-7-16(15)27(29)30)26-21(23-11)24-20(25-26)12-8-13(31-2)10-14(9-12)32-3/h4-10,18H,1-3H3,(H2,22,28)(H,23,24,25). The van der Waals surface area contributed by atoms with Crippen molar-refractivity contribution in [3.63, 3.8) is 0 Å². The molecule has 1 aliphatic heterocycles. The monoisotopic (exact) mass is 436 g/mol. The maximum Gasteiger partial charge on any atom is 0.275 e. The van der Waals surface area contributed by atoms with Crippen LogP contribution in [0.25, 0.3) is 11.4 Å². The number of nitro groups is 1. The van der Waals surface area contributed by atoms with E-state index >= 15 is 0 Å². The first-order valence-electron chi connectivity index (χ1n) is 9.55. The second-order valence-electron chi connectivity index (χ2n) is 7.05. The summed E-state index contributed by atoms with van der Waals surface area (Å²) in [6.45, 7) is 1.66. The quantitative estimate of drug-likeness (QED) is 0.443. The number of methoxy groups -OCH3 is 2. The summed E-state index contributed by atoms with van der Waals surface area (Å²) in [5, 5.41) is 19.3. The number of nitrogens with two attached hydrogens (primary N) is 1. The predicted molar refractivity (Wildman–Crippen MR) is 115 cm³/mol. The maximum absolute atomic E-state index is 12.3. The first-order valence-corrected chi connectivity index (χ1v) is 9.55. The van der Waals surface area contributed by atoms with Crippen LogP contribution in [0.15, 0.2) is 53.7 Å². The molecule has 0 spiro atoms. The van der Waals surface area contributed by atoms with Gasteiger partial charge in [0.25, 0.3) is 5.69 Å². The van der Waals surface area contributed by atoms with Gasteiger partial charge in [-0.05, 0) is 25.1 Å². The van der Waals surface area contributed by atoms with E-state index in [0.717, 1.165) is 0 Å². The van der Waals surface area contributed by atoms with Crippen LogP contribution in [0, 0.1) is 10.1 Å². The summed E-state index contributed by atoms with van der Waals surface area (Å²) in [4.78, 5) is 28.1. The van der Waals surface area contributed by atoms with E-state index in [4.69, 9.17) is 15.2 Å². The Balaban J connectivity index is 1.93. The van der Waals surface area contributed by atoms with E-state index in [0.29, 0.717) is 34.5 Å². The predicted octanol–water partition coefficient (Wildman–Crippen LogP) is 2.64. The van der Waals surface area contributed by atoms with E-state index in [-0.39, 0.29) is 16.8 Å². The number of ether oxygens (including phenoxy) is 2. The summed E-state index contributed by atoms with van der Waals surface area (Å²) in [7, 11) is 3.06. The number of primary amides is 1. The Hall–Kier alpha value is -4.41.